The predicted molar refractivity (Wildman–Crippen MR) is 95.0 cm³/mol. The lowest BCUT2D eigenvalue weighted by atomic mass is 9.88. The van der Waals surface area contributed by atoms with Crippen LogP contribution in [0.4, 0.5) is 18.9 Å². The molecule has 0 amide bonds. The van der Waals surface area contributed by atoms with Crippen molar-refractivity contribution in [2.45, 2.75) is 37.6 Å². The van der Waals surface area contributed by atoms with Crippen LogP contribution in [-0.2, 0) is 19.6 Å². The van der Waals surface area contributed by atoms with Gasteiger partial charge in [-0.05, 0) is 43.5 Å². The largest absolute Gasteiger partial charge is 0.490 e. The topological polar surface area (TPSA) is 86.7 Å². The quantitative estimate of drug-likeness (QED) is 0.786. The number of nitrogens with one attached hydrogen (secondary N) is 1. The Hall–Kier alpha value is -1.81. The van der Waals surface area contributed by atoms with Crippen molar-refractivity contribution in [3.63, 3.8) is 0 Å². The fourth-order valence-electron chi connectivity index (χ4n) is 3.44. The SMILES string of the molecule is CC(C)CN1c2ccccc2C2(CCNCC2)S1(=O)=O.O=C(O)C(F)(F)F. The number of rotatable bonds is 2. The van der Waals surface area contributed by atoms with E-state index in [0.29, 0.717) is 25.3 Å². The Morgan fingerprint density at radius 3 is 2.26 bits per heavy atom. The average Bonchev–Trinajstić information content (AvgIpc) is 2.75. The minimum Gasteiger partial charge on any atom is -0.475 e. The Bertz CT molecular complexity index is 788. The highest BCUT2D eigenvalue weighted by Crippen LogP contribution is 2.51. The van der Waals surface area contributed by atoms with Gasteiger partial charge in [0.2, 0.25) is 10.0 Å². The van der Waals surface area contributed by atoms with E-state index in [1.165, 1.54) is 0 Å². The number of nitrogens with zero attached hydrogens (tertiary/aromatic N) is 1. The van der Waals surface area contributed by atoms with Crippen LogP contribution in [0.25, 0.3) is 0 Å². The third-order valence-corrected chi connectivity index (χ3v) is 7.17. The molecule has 10 heteroatoms. The maximum atomic E-state index is 13.2. The van der Waals surface area contributed by atoms with Crippen LogP contribution >= 0.6 is 0 Å². The van der Waals surface area contributed by atoms with Crippen LogP contribution in [0.2, 0.25) is 0 Å². The minimum atomic E-state index is -5.08. The molecule has 1 saturated heterocycles. The molecule has 0 unspecified atom stereocenters. The third kappa shape index (κ3) is 4.06. The van der Waals surface area contributed by atoms with E-state index >= 15 is 0 Å². The smallest absolute Gasteiger partial charge is 0.475 e. The van der Waals surface area contributed by atoms with Crippen molar-refractivity contribution in [3.05, 3.63) is 29.8 Å². The molecule has 2 aliphatic rings. The number of aliphatic carboxylic acids is 1. The summed E-state index contributed by atoms with van der Waals surface area (Å²) in [5.41, 5.74) is 1.89. The average molecular weight is 408 g/mol. The zero-order valence-corrected chi connectivity index (χ0v) is 15.9. The van der Waals surface area contributed by atoms with Crippen LogP contribution in [-0.4, -0.2) is 45.3 Å². The maximum absolute atomic E-state index is 13.2. The lowest BCUT2D eigenvalue weighted by Gasteiger charge is -2.34. The second-order valence-electron chi connectivity index (χ2n) is 6.99. The zero-order valence-electron chi connectivity index (χ0n) is 15.1. The number of hydrogen-bond donors (Lipinski definition) is 2. The number of hydrogen-bond acceptors (Lipinski definition) is 4. The summed E-state index contributed by atoms with van der Waals surface area (Å²) in [6.45, 7) is 6.22. The molecule has 0 saturated carbocycles. The Labute approximate surface area is 156 Å². The molecule has 0 atom stereocenters. The van der Waals surface area contributed by atoms with Crippen molar-refractivity contribution >= 4 is 21.7 Å². The molecule has 2 aliphatic heterocycles. The van der Waals surface area contributed by atoms with E-state index in [4.69, 9.17) is 9.90 Å². The summed E-state index contributed by atoms with van der Waals surface area (Å²) in [4.78, 5) is 8.90. The standard InChI is InChI=1S/C15H22N2O2S.C2HF3O2/c1-12(2)11-17-14-6-4-3-5-13(14)15(20(17,18)19)7-9-16-10-8-15;3-2(4,5)1(6)7/h3-6,12,16H,7-11H2,1-2H3;(H,6,7). The minimum absolute atomic E-state index is 0.315. The normalized spacial score (nSPS) is 20.1. The number of fused-ring (bicyclic) bond motifs is 2. The Morgan fingerprint density at radius 1 is 1.26 bits per heavy atom. The van der Waals surface area contributed by atoms with Gasteiger partial charge in [-0.1, -0.05) is 32.0 Å². The van der Waals surface area contributed by atoms with Gasteiger partial charge in [-0.15, -0.1) is 0 Å². The van der Waals surface area contributed by atoms with Gasteiger partial charge in [0.1, 0.15) is 4.75 Å². The molecule has 0 aromatic heterocycles. The number of alkyl halides is 3. The van der Waals surface area contributed by atoms with Gasteiger partial charge in [0, 0.05) is 6.54 Å². The van der Waals surface area contributed by atoms with Crippen LogP contribution < -0.4 is 9.62 Å². The molecular weight excluding hydrogens is 385 g/mol. The fourth-order valence-corrected chi connectivity index (χ4v) is 5.95. The van der Waals surface area contributed by atoms with Crippen molar-refractivity contribution in [3.8, 4) is 0 Å². The van der Waals surface area contributed by atoms with Crippen molar-refractivity contribution in [1.29, 1.82) is 0 Å². The first-order chi connectivity index (χ1) is 12.4. The third-order valence-electron chi connectivity index (χ3n) is 4.63. The first-order valence-electron chi connectivity index (χ1n) is 8.56. The molecule has 1 spiro atoms. The van der Waals surface area contributed by atoms with Crippen LogP contribution in [0.15, 0.2) is 24.3 Å². The molecule has 1 aromatic rings. The summed E-state index contributed by atoms with van der Waals surface area (Å²) in [6, 6.07) is 7.84. The second-order valence-corrected chi connectivity index (χ2v) is 9.17. The van der Waals surface area contributed by atoms with Crippen LogP contribution in [0.1, 0.15) is 32.3 Å². The number of sulfonamides is 1. The summed E-state index contributed by atoms with van der Waals surface area (Å²) in [5, 5.41) is 10.4. The number of carboxylic acid groups (broad SMARTS) is 1. The van der Waals surface area contributed by atoms with E-state index in [1.54, 1.807) is 4.31 Å². The second kappa shape index (κ2) is 7.67. The monoisotopic (exact) mass is 408 g/mol. The lowest BCUT2D eigenvalue weighted by Crippen LogP contribution is -2.47. The molecule has 1 fully saturated rings. The van der Waals surface area contributed by atoms with Gasteiger partial charge in [0.05, 0.1) is 5.69 Å². The van der Waals surface area contributed by atoms with Gasteiger partial charge in [-0.2, -0.15) is 13.2 Å². The molecule has 3 rings (SSSR count). The van der Waals surface area contributed by atoms with Crippen molar-refractivity contribution in [2.24, 2.45) is 5.92 Å². The van der Waals surface area contributed by atoms with Gasteiger partial charge in [0.25, 0.3) is 0 Å². The Kier molecular flexibility index (Phi) is 6.10. The summed E-state index contributed by atoms with van der Waals surface area (Å²) in [6.07, 6.45) is -3.75. The van der Waals surface area contributed by atoms with E-state index in [2.05, 4.69) is 19.2 Å². The van der Waals surface area contributed by atoms with Crippen LogP contribution in [0, 0.1) is 5.92 Å². The summed E-state index contributed by atoms with van der Waals surface area (Å²) >= 11 is 0. The molecule has 0 aliphatic carbocycles. The molecule has 6 nitrogen and oxygen atoms in total. The van der Waals surface area contributed by atoms with E-state index in [0.717, 1.165) is 24.3 Å². The first kappa shape index (κ1) is 21.5. The number of halogens is 3. The Balaban J connectivity index is 0.000000321. The molecular formula is C17H23F3N2O4S. The molecule has 0 radical (unpaired) electrons. The number of carboxylic acids is 1. The van der Waals surface area contributed by atoms with Crippen molar-refractivity contribution < 1.29 is 31.5 Å². The predicted octanol–water partition coefficient (Wildman–Crippen LogP) is 2.70. The fraction of sp³-hybridized carbons (Fsp3) is 0.588. The molecule has 2 heterocycles. The molecule has 0 bridgehead atoms. The summed E-state index contributed by atoms with van der Waals surface area (Å²) < 4.78 is 59.0. The van der Waals surface area contributed by atoms with Gasteiger partial charge in [0.15, 0.2) is 0 Å². The molecule has 1 aromatic carbocycles. The lowest BCUT2D eigenvalue weighted by molar-refractivity contribution is -0.192. The highest BCUT2D eigenvalue weighted by molar-refractivity contribution is 7.94. The van der Waals surface area contributed by atoms with Gasteiger partial charge in [-0.3, -0.25) is 4.31 Å². The molecule has 27 heavy (non-hydrogen) atoms. The highest BCUT2D eigenvalue weighted by atomic mass is 32.2. The highest BCUT2D eigenvalue weighted by Gasteiger charge is 2.55. The summed E-state index contributed by atoms with van der Waals surface area (Å²) in [5.74, 6) is -2.44. The van der Waals surface area contributed by atoms with E-state index < -0.39 is 26.9 Å². The maximum Gasteiger partial charge on any atom is 0.490 e. The number of benzene rings is 1. The van der Waals surface area contributed by atoms with Crippen molar-refractivity contribution in [1.82, 2.24) is 5.32 Å². The molecule has 2 N–H and O–H groups in total. The van der Waals surface area contributed by atoms with Gasteiger partial charge >= 0.3 is 12.1 Å². The number of anilines is 1. The van der Waals surface area contributed by atoms with Gasteiger partial charge < -0.3 is 10.4 Å². The first-order valence-corrected chi connectivity index (χ1v) is 10.00. The number of carbonyl (C=O) groups is 1. The zero-order chi connectivity index (χ0) is 20.5. The van der Waals surface area contributed by atoms with Crippen LogP contribution in [0.5, 0.6) is 0 Å². The summed E-state index contributed by atoms with van der Waals surface area (Å²) in [7, 11) is -3.31. The number of piperidine rings is 1. The van der Waals surface area contributed by atoms with Crippen LogP contribution in [0.3, 0.4) is 0 Å². The van der Waals surface area contributed by atoms with E-state index in [9.17, 15) is 21.6 Å². The Morgan fingerprint density at radius 2 is 1.78 bits per heavy atom. The van der Waals surface area contributed by atoms with E-state index in [-0.39, 0.29) is 0 Å². The van der Waals surface area contributed by atoms with Gasteiger partial charge in [-0.25, -0.2) is 13.2 Å². The van der Waals surface area contributed by atoms with Crippen molar-refractivity contribution in [2.75, 3.05) is 23.9 Å². The van der Waals surface area contributed by atoms with E-state index in [1.807, 2.05) is 24.3 Å². The number of para-hydroxylation sites is 1. The molecule has 152 valence electrons.